The van der Waals surface area contributed by atoms with Crippen molar-refractivity contribution in [2.45, 2.75) is 6.42 Å². The molecule has 19 heavy (non-hydrogen) atoms. The number of benzene rings is 1. The molecule has 0 unspecified atom stereocenters. The molecule has 0 aliphatic rings. The molecule has 0 bridgehead atoms. The lowest BCUT2D eigenvalue weighted by atomic mass is 10.1. The lowest BCUT2D eigenvalue weighted by molar-refractivity contribution is 0.0949. The first kappa shape index (κ1) is 13.4. The van der Waals surface area contributed by atoms with Crippen molar-refractivity contribution in [1.29, 1.82) is 0 Å². The topological polar surface area (TPSA) is 68.0 Å². The van der Waals surface area contributed by atoms with Gasteiger partial charge in [0.1, 0.15) is 11.5 Å². The number of nitrogens with one attached hydrogen (secondary N) is 1. The highest BCUT2D eigenvalue weighted by Gasteiger charge is 2.06. The second-order valence-electron chi connectivity index (χ2n) is 4.08. The third-order valence-corrected chi connectivity index (χ3v) is 2.87. The Bertz CT molecular complexity index is 569. The number of anilines is 1. The number of hydrogen-bond acceptors (Lipinski definition) is 3. The van der Waals surface area contributed by atoms with Crippen LogP contribution in [0.2, 0.25) is 5.02 Å². The Hall–Kier alpha value is -2.07. The van der Waals surface area contributed by atoms with E-state index in [1.54, 1.807) is 18.2 Å². The fourth-order valence-electron chi connectivity index (χ4n) is 1.64. The van der Waals surface area contributed by atoms with Crippen molar-refractivity contribution >= 4 is 23.3 Å². The standard InChI is InChI=1S/C14H14ClN3O/c15-11-6-4-10(5-7-11)8-9-17-14(19)12-2-1-3-13(16)18-12/h1-7H,8-9H2,(H2,16,18)(H,17,19). The van der Waals surface area contributed by atoms with Crippen LogP contribution in [0.15, 0.2) is 42.5 Å². The van der Waals surface area contributed by atoms with Gasteiger partial charge in [0, 0.05) is 11.6 Å². The largest absolute Gasteiger partial charge is 0.384 e. The van der Waals surface area contributed by atoms with Gasteiger partial charge < -0.3 is 11.1 Å². The van der Waals surface area contributed by atoms with Crippen LogP contribution in [0.3, 0.4) is 0 Å². The molecule has 0 aliphatic heterocycles. The molecule has 5 heteroatoms. The van der Waals surface area contributed by atoms with Crippen molar-refractivity contribution in [2.24, 2.45) is 0 Å². The molecule has 0 fully saturated rings. The normalized spacial score (nSPS) is 10.2. The molecule has 0 saturated carbocycles. The maximum Gasteiger partial charge on any atom is 0.269 e. The van der Waals surface area contributed by atoms with E-state index in [0.717, 1.165) is 12.0 Å². The zero-order valence-electron chi connectivity index (χ0n) is 10.3. The zero-order chi connectivity index (χ0) is 13.7. The van der Waals surface area contributed by atoms with E-state index in [1.165, 1.54) is 0 Å². The van der Waals surface area contributed by atoms with Crippen LogP contribution in [-0.4, -0.2) is 17.4 Å². The van der Waals surface area contributed by atoms with E-state index < -0.39 is 0 Å². The van der Waals surface area contributed by atoms with Crippen LogP contribution in [0.5, 0.6) is 0 Å². The number of rotatable bonds is 4. The SMILES string of the molecule is Nc1cccc(C(=O)NCCc2ccc(Cl)cc2)n1. The molecule has 4 nitrogen and oxygen atoms in total. The van der Waals surface area contributed by atoms with Crippen molar-refractivity contribution in [2.75, 3.05) is 12.3 Å². The Morgan fingerprint density at radius 3 is 2.63 bits per heavy atom. The van der Waals surface area contributed by atoms with Gasteiger partial charge in [0.15, 0.2) is 0 Å². The molecule has 3 N–H and O–H groups in total. The second-order valence-corrected chi connectivity index (χ2v) is 4.52. The highest BCUT2D eigenvalue weighted by Crippen LogP contribution is 2.09. The van der Waals surface area contributed by atoms with Crippen LogP contribution < -0.4 is 11.1 Å². The zero-order valence-corrected chi connectivity index (χ0v) is 11.0. The summed E-state index contributed by atoms with van der Waals surface area (Å²) in [7, 11) is 0. The summed E-state index contributed by atoms with van der Waals surface area (Å²) in [5.74, 6) is 0.117. The van der Waals surface area contributed by atoms with E-state index in [0.29, 0.717) is 23.1 Å². The van der Waals surface area contributed by atoms with Crippen LogP contribution >= 0.6 is 11.6 Å². The summed E-state index contributed by atoms with van der Waals surface area (Å²) in [5, 5.41) is 3.50. The molecule has 98 valence electrons. The summed E-state index contributed by atoms with van der Waals surface area (Å²) >= 11 is 5.80. The molecule has 1 heterocycles. The monoisotopic (exact) mass is 275 g/mol. The number of halogens is 1. The van der Waals surface area contributed by atoms with Gasteiger partial charge in [-0.3, -0.25) is 4.79 Å². The Labute approximate surface area is 116 Å². The Balaban J connectivity index is 1.86. The van der Waals surface area contributed by atoms with Gasteiger partial charge in [0.05, 0.1) is 0 Å². The van der Waals surface area contributed by atoms with Crippen molar-refractivity contribution in [3.8, 4) is 0 Å². The Morgan fingerprint density at radius 2 is 1.95 bits per heavy atom. The highest BCUT2D eigenvalue weighted by atomic mass is 35.5. The van der Waals surface area contributed by atoms with Gasteiger partial charge in [0.25, 0.3) is 5.91 Å². The van der Waals surface area contributed by atoms with Crippen LogP contribution in [-0.2, 0) is 6.42 Å². The van der Waals surface area contributed by atoms with Gasteiger partial charge in [0.2, 0.25) is 0 Å². The van der Waals surface area contributed by atoms with Gasteiger partial charge in [-0.1, -0.05) is 29.8 Å². The number of hydrogen-bond donors (Lipinski definition) is 2. The van der Waals surface area contributed by atoms with E-state index >= 15 is 0 Å². The highest BCUT2D eigenvalue weighted by molar-refractivity contribution is 6.30. The average Bonchev–Trinajstić information content (AvgIpc) is 2.41. The molecule has 1 aromatic carbocycles. The van der Waals surface area contributed by atoms with Crippen molar-refractivity contribution in [1.82, 2.24) is 10.3 Å². The molecular weight excluding hydrogens is 262 g/mol. The van der Waals surface area contributed by atoms with Gasteiger partial charge in [-0.2, -0.15) is 0 Å². The van der Waals surface area contributed by atoms with E-state index in [2.05, 4.69) is 10.3 Å². The number of amides is 1. The number of aromatic nitrogens is 1. The molecule has 2 aromatic rings. The molecule has 0 spiro atoms. The predicted octanol–water partition coefficient (Wildman–Crippen LogP) is 2.29. The van der Waals surface area contributed by atoms with Crippen LogP contribution in [0.1, 0.15) is 16.1 Å². The van der Waals surface area contributed by atoms with E-state index in [9.17, 15) is 4.79 Å². The molecule has 0 atom stereocenters. The molecule has 0 aliphatic carbocycles. The Morgan fingerprint density at radius 1 is 1.21 bits per heavy atom. The van der Waals surface area contributed by atoms with Crippen LogP contribution in [0, 0.1) is 0 Å². The first-order valence-electron chi connectivity index (χ1n) is 5.90. The average molecular weight is 276 g/mol. The van der Waals surface area contributed by atoms with Crippen molar-refractivity contribution in [3.63, 3.8) is 0 Å². The van der Waals surface area contributed by atoms with Crippen LogP contribution in [0.25, 0.3) is 0 Å². The molecule has 2 rings (SSSR count). The summed E-state index contributed by atoms with van der Waals surface area (Å²) in [6.45, 7) is 0.539. The van der Waals surface area contributed by atoms with Gasteiger partial charge in [-0.05, 0) is 36.2 Å². The minimum Gasteiger partial charge on any atom is -0.384 e. The third-order valence-electron chi connectivity index (χ3n) is 2.62. The molecule has 0 radical (unpaired) electrons. The maximum atomic E-state index is 11.8. The number of nitrogens with two attached hydrogens (primary N) is 1. The van der Waals surface area contributed by atoms with Crippen LogP contribution in [0.4, 0.5) is 5.82 Å². The number of pyridine rings is 1. The van der Waals surface area contributed by atoms with Gasteiger partial charge in [-0.15, -0.1) is 0 Å². The summed E-state index contributed by atoms with van der Waals surface area (Å²) < 4.78 is 0. The fraction of sp³-hybridized carbons (Fsp3) is 0.143. The number of nitrogen functional groups attached to an aromatic ring is 1. The molecular formula is C14H14ClN3O. The summed E-state index contributed by atoms with van der Waals surface area (Å²) in [4.78, 5) is 15.7. The number of carbonyl (C=O) groups is 1. The lowest BCUT2D eigenvalue weighted by Gasteiger charge is -2.05. The minimum absolute atomic E-state index is 0.221. The predicted molar refractivity (Wildman–Crippen MR) is 76.1 cm³/mol. The van der Waals surface area contributed by atoms with Gasteiger partial charge in [-0.25, -0.2) is 4.98 Å². The quantitative estimate of drug-likeness (QED) is 0.900. The second kappa shape index (κ2) is 6.20. The van der Waals surface area contributed by atoms with E-state index in [1.807, 2.05) is 24.3 Å². The molecule has 0 saturated heterocycles. The smallest absolute Gasteiger partial charge is 0.269 e. The minimum atomic E-state index is -0.221. The number of nitrogens with zero attached hydrogens (tertiary/aromatic N) is 1. The Kier molecular flexibility index (Phi) is 4.36. The maximum absolute atomic E-state index is 11.8. The third kappa shape index (κ3) is 3.96. The summed E-state index contributed by atoms with van der Waals surface area (Å²) in [6, 6.07) is 12.5. The summed E-state index contributed by atoms with van der Waals surface area (Å²) in [6.07, 6.45) is 0.741. The van der Waals surface area contributed by atoms with Gasteiger partial charge >= 0.3 is 0 Å². The first-order chi connectivity index (χ1) is 9.15. The molecule has 1 aromatic heterocycles. The molecule has 1 amide bonds. The van der Waals surface area contributed by atoms with E-state index in [4.69, 9.17) is 17.3 Å². The van der Waals surface area contributed by atoms with Crippen molar-refractivity contribution < 1.29 is 4.79 Å². The fourth-order valence-corrected chi connectivity index (χ4v) is 1.77. The number of carbonyl (C=O) groups excluding carboxylic acids is 1. The van der Waals surface area contributed by atoms with E-state index in [-0.39, 0.29) is 5.91 Å². The van der Waals surface area contributed by atoms with Crippen molar-refractivity contribution in [3.05, 3.63) is 58.7 Å². The summed E-state index contributed by atoms with van der Waals surface area (Å²) in [5.41, 5.74) is 6.97. The lowest BCUT2D eigenvalue weighted by Crippen LogP contribution is -2.26. The first-order valence-corrected chi connectivity index (χ1v) is 6.28.